The third-order valence-electron chi connectivity index (χ3n) is 9.50. The Labute approximate surface area is 148 Å². The quantitative estimate of drug-likeness (QED) is 0.666. The van der Waals surface area contributed by atoms with Crippen LogP contribution in [0.2, 0.25) is 0 Å². The maximum Gasteiger partial charge on any atom is 0.0543 e. The lowest BCUT2D eigenvalue weighted by Crippen LogP contribution is -2.54. The Morgan fingerprint density at radius 2 is 1.62 bits per heavy atom. The molecule has 2 nitrogen and oxygen atoms in total. The van der Waals surface area contributed by atoms with E-state index in [0.717, 1.165) is 42.4 Å². The van der Waals surface area contributed by atoms with Crippen molar-refractivity contribution in [3.63, 3.8) is 0 Å². The van der Waals surface area contributed by atoms with Crippen LogP contribution >= 0.6 is 0 Å². The molecule has 0 saturated heterocycles. The Bertz CT molecular complexity index is 528. The molecule has 0 radical (unpaired) electrons. The number of fused-ring (bicyclic) bond motifs is 5. The lowest BCUT2D eigenvalue weighted by Gasteiger charge is -2.61. The zero-order valence-electron chi connectivity index (χ0n) is 16.2. The summed E-state index contributed by atoms with van der Waals surface area (Å²) in [7, 11) is 1.98. The molecule has 4 fully saturated rings. The van der Waals surface area contributed by atoms with Crippen molar-refractivity contribution in [3.8, 4) is 0 Å². The molecule has 8 atom stereocenters. The summed E-state index contributed by atoms with van der Waals surface area (Å²) in [5.74, 6) is 4.28. The van der Waals surface area contributed by atoms with Crippen LogP contribution in [-0.2, 0) is 0 Å². The van der Waals surface area contributed by atoms with Crippen LogP contribution in [0.25, 0.3) is 0 Å². The van der Waals surface area contributed by atoms with Gasteiger partial charge in [-0.25, -0.2) is 0 Å². The third kappa shape index (κ3) is 2.27. The van der Waals surface area contributed by atoms with E-state index in [1.165, 1.54) is 50.7 Å². The second-order valence-electron chi connectivity index (χ2n) is 10.1. The average molecular weight is 332 g/mol. The molecule has 0 aromatic heterocycles. The van der Waals surface area contributed by atoms with Gasteiger partial charge in [0.2, 0.25) is 0 Å². The molecule has 2 heteroatoms. The fourth-order valence-electron chi connectivity index (χ4n) is 8.08. The van der Waals surface area contributed by atoms with Gasteiger partial charge in [-0.1, -0.05) is 13.8 Å². The molecule has 24 heavy (non-hydrogen) atoms. The minimum Gasteiger partial charge on any atom is -0.393 e. The van der Waals surface area contributed by atoms with Crippen LogP contribution in [-0.4, -0.2) is 24.0 Å². The highest BCUT2D eigenvalue weighted by Gasteiger charge is 2.60. The van der Waals surface area contributed by atoms with Crippen LogP contribution in [0.4, 0.5) is 0 Å². The SMILES string of the molecule is C/N=C(\C)[C@H]1CC[C@H]2[C@@H]3CC[C@@H]4C[C@@H](O)CC[C@]4(C)[C@H]3CC[C@]12C. The van der Waals surface area contributed by atoms with E-state index >= 15 is 0 Å². The number of hydrogen-bond donors (Lipinski definition) is 1. The molecule has 1 N–H and O–H groups in total. The van der Waals surface area contributed by atoms with Gasteiger partial charge in [0.05, 0.1) is 6.10 Å². The molecular weight excluding hydrogens is 294 g/mol. The van der Waals surface area contributed by atoms with Gasteiger partial charge < -0.3 is 5.11 Å². The zero-order chi connectivity index (χ0) is 17.1. The summed E-state index contributed by atoms with van der Waals surface area (Å²) in [5, 5.41) is 10.2. The normalized spacial score (nSPS) is 54.8. The zero-order valence-corrected chi connectivity index (χ0v) is 16.2. The summed E-state index contributed by atoms with van der Waals surface area (Å²) in [4.78, 5) is 4.59. The Balaban J connectivity index is 1.61. The van der Waals surface area contributed by atoms with Crippen molar-refractivity contribution in [1.82, 2.24) is 0 Å². The number of aliphatic imine (C=N–C) groups is 1. The lowest BCUT2D eigenvalue weighted by molar-refractivity contribution is -0.123. The molecule has 4 aliphatic rings. The van der Waals surface area contributed by atoms with Gasteiger partial charge >= 0.3 is 0 Å². The number of rotatable bonds is 1. The van der Waals surface area contributed by atoms with Crippen molar-refractivity contribution in [2.24, 2.45) is 45.4 Å². The smallest absolute Gasteiger partial charge is 0.0543 e. The lowest BCUT2D eigenvalue weighted by atomic mass is 9.44. The van der Waals surface area contributed by atoms with E-state index in [2.05, 4.69) is 25.8 Å². The van der Waals surface area contributed by atoms with Crippen LogP contribution in [0.15, 0.2) is 4.99 Å². The summed E-state index contributed by atoms with van der Waals surface area (Å²) < 4.78 is 0. The highest BCUT2D eigenvalue weighted by atomic mass is 16.3. The molecule has 0 spiro atoms. The van der Waals surface area contributed by atoms with Gasteiger partial charge in [-0.3, -0.25) is 4.99 Å². The van der Waals surface area contributed by atoms with Gasteiger partial charge in [0.15, 0.2) is 0 Å². The first-order chi connectivity index (χ1) is 11.4. The molecule has 0 aliphatic heterocycles. The number of aliphatic hydroxyl groups is 1. The van der Waals surface area contributed by atoms with Crippen LogP contribution in [0.5, 0.6) is 0 Å². The summed E-state index contributed by atoms with van der Waals surface area (Å²) in [6.07, 6.45) is 11.8. The van der Waals surface area contributed by atoms with E-state index in [-0.39, 0.29) is 6.10 Å². The Morgan fingerprint density at radius 1 is 0.917 bits per heavy atom. The summed E-state index contributed by atoms with van der Waals surface area (Å²) in [6.45, 7) is 7.46. The van der Waals surface area contributed by atoms with Crippen molar-refractivity contribution in [2.75, 3.05) is 7.05 Å². The molecule has 4 aliphatic carbocycles. The molecule has 136 valence electrons. The van der Waals surface area contributed by atoms with Gasteiger partial charge in [-0.2, -0.15) is 0 Å². The molecule has 0 aromatic rings. The van der Waals surface area contributed by atoms with E-state index < -0.39 is 0 Å². The number of nitrogens with zero attached hydrogens (tertiary/aromatic N) is 1. The molecule has 4 rings (SSSR count). The fourth-order valence-corrected chi connectivity index (χ4v) is 8.08. The van der Waals surface area contributed by atoms with Crippen molar-refractivity contribution < 1.29 is 5.11 Å². The molecule has 4 saturated carbocycles. The maximum absolute atomic E-state index is 10.2. The topological polar surface area (TPSA) is 32.6 Å². The van der Waals surface area contributed by atoms with Crippen LogP contribution < -0.4 is 0 Å². The standard InChI is InChI=1S/C22H37NO/c1-14(23-4)18-7-8-19-17-6-5-15-13-16(24)9-11-21(15,2)20(17)10-12-22(18,19)3/h15-20,24H,5-13H2,1-4H3/b23-14+/t15-,16+,17+,18-,19+,20+,21+,22-/m1/s1. The highest BCUT2D eigenvalue weighted by Crippen LogP contribution is 2.67. The third-order valence-corrected chi connectivity index (χ3v) is 9.50. The highest BCUT2D eigenvalue weighted by molar-refractivity contribution is 5.85. The summed E-state index contributed by atoms with van der Waals surface area (Å²) >= 11 is 0. The van der Waals surface area contributed by atoms with Gasteiger partial charge in [-0.05, 0) is 99.2 Å². The van der Waals surface area contributed by atoms with E-state index in [1.54, 1.807) is 0 Å². The van der Waals surface area contributed by atoms with Crippen LogP contribution in [0.3, 0.4) is 0 Å². The predicted octanol–water partition coefficient (Wildman–Crippen LogP) is 5.10. The predicted molar refractivity (Wildman–Crippen MR) is 100 cm³/mol. The summed E-state index contributed by atoms with van der Waals surface area (Å²) in [6, 6.07) is 0. The van der Waals surface area contributed by atoms with Gasteiger partial charge in [0, 0.05) is 18.7 Å². The van der Waals surface area contributed by atoms with Crippen molar-refractivity contribution in [1.29, 1.82) is 0 Å². The van der Waals surface area contributed by atoms with E-state index in [1.807, 2.05) is 7.05 Å². The minimum atomic E-state index is -0.0206. The van der Waals surface area contributed by atoms with Crippen LogP contribution in [0.1, 0.15) is 78.6 Å². The number of aliphatic hydroxyl groups excluding tert-OH is 1. The second-order valence-corrected chi connectivity index (χ2v) is 10.1. The van der Waals surface area contributed by atoms with E-state index in [9.17, 15) is 5.11 Å². The monoisotopic (exact) mass is 331 g/mol. The molecule has 0 amide bonds. The van der Waals surface area contributed by atoms with Crippen molar-refractivity contribution in [3.05, 3.63) is 0 Å². The Hall–Kier alpha value is -0.370. The molecule has 0 aromatic carbocycles. The molecule has 0 unspecified atom stereocenters. The molecule has 0 heterocycles. The summed E-state index contributed by atoms with van der Waals surface area (Å²) in [5.41, 5.74) is 2.41. The van der Waals surface area contributed by atoms with Crippen LogP contribution in [0, 0.1) is 40.4 Å². The minimum absolute atomic E-state index is 0.0206. The van der Waals surface area contributed by atoms with Gasteiger partial charge in [0.1, 0.15) is 0 Å². The maximum atomic E-state index is 10.2. The Morgan fingerprint density at radius 3 is 2.38 bits per heavy atom. The van der Waals surface area contributed by atoms with E-state index in [4.69, 9.17) is 0 Å². The number of hydrogen-bond acceptors (Lipinski definition) is 2. The second kappa shape index (κ2) is 5.83. The first kappa shape index (κ1) is 17.1. The van der Waals surface area contributed by atoms with E-state index in [0.29, 0.717) is 10.8 Å². The average Bonchev–Trinajstić information content (AvgIpc) is 2.92. The van der Waals surface area contributed by atoms with Crippen molar-refractivity contribution >= 4 is 5.71 Å². The molecular formula is C22H37NO. The van der Waals surface area contributed by atoms with Crippen molar-refractivity contribution in [2.45, 2.75) is 84.7 Å². The Kier molecular flexibility index (Phi) is 4.14. The first-order valence-corrected chi connectivity index (χ1v) is 10.5. The van der Waals surface area contributed by atoms with Gasteiger partial charge in [0.25, 0.3) is 0 Å². The molecule has 0 bridgehead atoms. The first-order valence-electron chi connectivity index (χ1n) is 10.5. The van der Waals surface area contributed by atoms with Gasteiger partial charge in [-0.15, -0.1) is 0 Å². The fraction of sp³-hybridized carbons (Fsp3) is 0.955. The largest absolute Gasteiger partial charge is 0.393 e.